The number of carbonyl (C=O) groups excluding carboxylic acids is 1. The van der Waals surface area contributed by atoms with Gasteiger partial charge in [0.1, 0.15) is 0 Å². The van der Waals surface area contributed by atoms with Gasteiger partial charge in [-0.2, -0.15) is 0 Å². The Kier molecular flexibility index (Phi) is 5.18. The van der Waals surface area contributed by atoms with Crippen molar-refractivity contribution in [1.29, 1.82) is 0 Å². The fraction of sp³-hybridized carbons (Fsp3) is 0.381. The van der Waals surface area contributed by atoms with E-state index in [1.165, 1.54) is 6.07 Å². The number of carbonyl (C=O) groups is 1. The minimum absolute atomic E-state index is 0.0268. The van der Waals surface area contributed by atoms with Gasteiger partial charge in [0.05, 0.1) is 12.7 Å². The molecule has 0 bridgehead atoms. The summed E-state index contributed by atoms with van der Waals surface area (Å²) in [6.07, 6.45) is 0.0591. The third kappa shape index (κ3) is 4.01. The maximum Gasteiger partial charge on any atom is 0.253 e. The summed E-state index contributed by atoms with van der Waals surface area (Å²) < 4.78 is 32.5. The second-order valence-corrected chi connectivity index (χ2v) is 7.23. The number of rotatable bonds is 3. The average Bonchev–Trinajstić information content (AvgIpc) is 2.94. The van der Waals surface area contributed by atoms with Gasteiger partial charge < -0.3 is 9.64 Å². The van der Waals surface area contributed by atoms with Crippen LogP contribution in [0.1, 0.15) is 15.9 Å². The van der Waals surface area contributed by atoms with Gasteiger partial charge in [-0.05, 0) is 29.8 Å². The molecule has 1 amide bonds. The molecule has 0 N–H and O–H groups in total. The lowest BCUT2D eigenvalue weighted by atomic mass is 10.1. The highest BCUT2D eigenvalue weighted by Gasteiger charge is 2.37. The molecule has 4 nitrogen and oxygen atoms in total. The first kappa shape index (κ1) is 18.1. The summed E-state index contributed by atoms with van der Waals surface area (Å²) in [6.45, 7) is 3.79. The number of fused-ring (bicyclic) bond motifs is 1. The van der Waals surface area contributed by atoms with Gasteiger partial charge in [-0.1, -0.05) is 24.3 Å². The smallest absolute Gasteiger partial charge is 0.253 e. The number of nitrogens with zero attached hydrogens (tertiary/aromatic N) is 2. The van der Waals surface area contributed by atoms with Crippen LogP contribution in [-0.4, -0.2) is 54.6 Å². The van der Waals surface area contributed by atoms with Crippen LogP contribution in [0.4, 0.5) is 8.78 Å². The third-order valence-corrected chi connectivity index (χ3v) is 5.30. The minimum atomic E-state index is -0.830. The number of halogens is 2. The van der Waals surface area contributed by atoms with Crippen LogP contribution in [0.2, 0.25) is 0 Å². The summed E-state index contributed by atoms with van der Waals surface area (Å²) in [7, 11) is 0. The van der Waals surface area contributed by atoms with Crippen molar-refractivity contribution in [2.45, 2.75) is 12.6 Å². The molecule has 0 aromatic heterocycles. The lowest BCUT2D eigenvalue weighted by Crippen LogP contribution is -2.37. The predicted octanol–water partition coefficient (Wildman–Crippen LogP) is 2.94. The van der Waals surface area contributed by atoms with E-state index in [9.17, 15) is 13.6 Å². The van der Waals surface area contributed by atoms with Crippen LogP contribution >= 0.6 is 0 Å². The van der Waals surface area contributed by atoms with Crippen molar-refractivity contribution in [2.24, 2.45) is 5.92 Å². The molecule has 2 aliphatic rings. The maximum atomic E-state index is 13.4. The molecule has 2 aromatic carbocycles. The SMILES string of the molecule is O=C(c1ccccc1)N1CCO[C@@H]2CN(Cc3ccc(F)c(F)c3)C[C@@H]2C1. The molecule has 6 heteroatoms. The molecule has 0 unspecified atom stereocenters. The Morgan fingerprint density at radius 2 is 1.85 bits per heavy atom. The number of likely N-dealkylation sites (tertiary alicyclic amines) is 1. The second kappa shape index (κ2) is 7.74. The Hall–Kier alpha value is -2.31. The van der Waals surface area contributed by atoms with Crippen LogP contribution in [0.3, 0.4) is 0 Å². The molecule has 0 saturated carbocycles. The molecule has 142 valence electrons. The van der Waals surface area contributed by atoms with Crippen molar-refractivity contribution >= 4 is 5.91 Å². The molecule has 4 rings (SSSR count). The normalized spacial score (nSPS) is 23.1. The predicted molar refractivity (Wildman–Crippen MR) is 97.2 cm³/mol. The van der Waals surface area contributed by atoms with E-state index in [-0.39, 0.29) is 17.9 Å². The fourth-order valence-electron chi connectivity index (χ4n) is 3.95. The first-order chi connectivity index (χ1) is 13.1. The first-order valence-corrected chi connectivity index (χ1v) is 9.22. The Bertz CT molecular complexity index is 815. The van der Waals surface area contributed by atoms with Crippen molar-refractivity contribution < 1.29 is 18.3 Å². The van der Waals surface area contributed by atoms with Gasteiger partial charge in [-0.3, -0.25) is 9.69 Å². The molecule has 2 saturated heterocycles. The molecule has 2 heterocycles. The molecule has 27 heavy (non-hydrogen) atoms. The van der Waals surface area contributed by atoms with Gasteiger partial charge in [0.25, 0.3) is 5.91 Å². The lowest BCUT2D eigenvalue weighted by Gasteiger charge is -2.24. The monoisotopic (exact) mass is 372 g/mol. The minimum Gasteiger partial charge on any atom is -0.375 e. The number of amides is 1. The van der Waals surface area contributed by atoms with E-state index in [2.05, 4.69) is 4.90 Å². The maximum absolute atomic E-state index is 13.4. The quantitative estimate of drug-likeness (QED) is 0.831. The van der Waals surface area contributed by atoms with Crippen LogP contribution in [0, 0.1) is 17.6 Å². The Morgan fingerprint density at radius 1 is 1.04 bits per heavy atom. The zero-order chi connectivity index (χ0) is 18.8. The molecular formula is C21H22F2N2O2. The van der Waals surface area contributed by atoms with Crippen molar-refractivity contribution in [3.63, 3.8) is 0 Å². The highest BCUT2D eigenvalue weighted by Crippen LogP contribution is 2.26. The molecule has 0 aliphatic carbocycles. The van der Waals surface area contributed by atoms with Crippen LogP contribution in [0.5, 0.6) is 0 Å². The first-order valence-electron chi connectivity index (χ1n) is 9.22. The Balaban J connectivity index is 1.41. The summed E-state index contributed by atoms with van der Waals surface area (Å²) in [5.74, 6) is -1.41. The second-order valence-electron chi connectivity index (χ2n) is 7.23. The topological polar surface area (TPSA) is 32.8 Å². The number of hydrogen-bond donors (Lipinski definition) is 0. The van der Waals surface area contributed by atoms with Crippen LogP contribution in [-0.2, 0) is 11.3 Å². The highest BCUT2D eigenvalue weighted by molar-refractivity contribution is 5.94. The van der Waals surface area contributed by atoms with Gasteiger partial charge in [0, 0.05) is 44.2 Å². The van der Waals surface area contributed by atoms with E-state index in [1.807, 2.05) is 35.2 Å². The number of hydrogen-bond acceptors (Lipinski definition) is 3. The largest absolute Gasteiger partial charge is 0.375 e. The summed E-state index contributed by atoms with van der Waals surface area (Å²) in [4.78, 5) is 16.8. The van der Waals surface area contributed by atoms with Gasteiger partial charge in [-0.15, -0.1) is 0 Å². The van der Waals surface area contributed by atoms with Crippen molar-refractivity contribution in [2.75, 3.05) is 32.8 Å². The molecule has 0 radical (unpaired) electrons. The summed E-state index contributed by atoms with van der Waals surface area (Å²) >= 11 is 0. The van der Waals surface area contributed by atoms with Crippen LogP contribution in [0.25, 0.3) is 0 Å². The van der Waals surface area contributed by atoms with E-state index in [0.717, 1.165) is 24.7 Å². The summed E-state index contributed by atoms with van der Waals surface area (Å²) in [5, 5.41) is 0. The summed E-state index contributed by atoms with van der Waals surface area (Å²) in [5.41, 5.74) is 1.43. The van der Waals surface area contributed by atoms with E-state index < -0.39 is 11.6 Å². The number of ether oxygens (including phenoxy) is 1. The van der Waals surface area contributed by atoms with E-state index in [4.69, 9.17) is 4.74 Å². The van der Waals surface area contributed by atoms with Crippen molar-refractivity contribution in [3.05, 3.63) is 71.3 Å². The molecule has 0 spiro atoms. The van der Waals surface area contributed by atoms with E-state index in [0.29, 0.717) is 31.8 Å². The van der Waals surface area contributed by atoms with Gasteiger partial charge in [-0.25, -0.2) is 8.78 Å². The standard InChI is InChI=1S/C21H22F2N2O2/c22-18-7-6-15(10-19(18)23)11-24-12-17-13-25(8-9-27-20(17)14-24)21(26)16-4-2-1-3-5-16/h1-7,10,17,20H,8-9,11-14H2/t17-,20-/m1/s1. The lowest BCUT2D eigenvalue weighted by molar-refractivity contribution is 0.0501. The molecule has 2 aliphatic heterocycles. The average molecular weight is 372 g/mol. The molecule has 2 aromatic rings. The Morgan fingerprint density at radius 3 is 2.63 bits per heavy atom. The van der Waals surface area contributed by atoms with Crippen molar-refractivity contribution in [3.8, 4) is 0 Å². The van der Waals surface area contributed by atoms with Crippen LogP contribution in [0.15, 0.2) is 48.5 Å². The zero-order valence-corrected chi connectivity index (χ0v) is 15.0. The van der Waals surface area contributed by atoms with Gasteiger partial charge in [0.2, 0.25) is 0 Å². The number of benzene rings is 2. The third-order valence-electron chi connectivity index (χ3n) is 5.30. The van der Waals surface area contributed by atoms with Gasteiger partial charge in [0.15, 0.2) is 11.6 Å². The van der Waals surface area contributed by atoms with Gasteiger partial charge >= 0.3 is 0 Å². The fourth-order valence-corrected chi connectivity index (χ4v) is 3.95. The summed E-state index contributed by atoms with van der Waals surface area (Å²) in [6, 6.07) is 13.3. The molecule has 2 atom stereocenters. The molecule has 2 fully saturated rings. The van der Waals surface area contributed by atoms with E-state index >= 15 is 0 Å². The van der Waals surface area contributed by atoms with E-state index in [1.54, 1.807) is 6.07 Å². The van der Waals surface area contributed by atoms with Crippen molar-refractivity contribution in [1.82, 2.24) is 9.80 Å². The highest BCUT2D eigenvalue weighted by atomic mass is 19.2. The molecular weight excluding hydrogens is 350 g/mol. The zero-order valence-electron chi connectivity index (χ0n) is 15.0. The van der Waals surface area contributed by atoms with Crippen LogP contribution < -0.4 is 0 Å². The Labute approximate surface area is 157 Å².